The number of carbonyl (C=O) groups excluding carboxylic acids is 1. The first-order chi connectivity index (χ1) is 8.13. The molecule has 90 valence electrons. The van der Waals surface area contributed by atoms with Crippen LogP contribution in [0.25, 0.3) is 0 Å². The lowest BCUT2D eigenvalue weighted by atomic mass is 10.0. The molecular weight excluding hydrogens is 222 g/mol. The highest BCUT2D eigenvalue weighted by Crippen LogP contribution is 2.35. The van der Waals surface area contributed by atoms with E-state index in [0.717, 1.165) is 11.1 Å². The molecule has 1 aliphatic carbocycles. The number of benzene rings is 1. The summed E-state index contributed by atoms with van der Waals surface area (Å²) < 4.78 is 4.99. The molecule has 1 unspecified atom stereocenters. The topological polar surface area (TPSA) is 108 Å². The van der Waals surface area contributed by atoms with E-state index < -0.39 is 6.09 Å². The van der Waals surface area contributed by atoms with Gasteiger partial charge in [-0.2, -0.15) is 0 Å². The largest absolute Gasteiger partial charge is 0.441 e. The maximum atomic E-state index is 10.7. The second kappa shape index (κ2) is 4.42. The summed E-state index contributed by atoms with van der Waals surface area (Å²) in [6.07, 6.45) is 0.180. The predicted octanol–water partition coefficient (Wildman–Crippen LogP) is 1.07. The number of primary amides is 1. The minimum absolute atomic E-state index is 0.0680. The molecule has 0 bridgehead atoms. The second-order valence-electron chi connectivity index (χ2n) is 3.82. The minimum atomic E-state index is -0.802. The number of rotatable bonds is 2. The van der Waals surface area contributed by atoms with Gasteiger partial charge in [0.25, 0.3) is 0 Å². The van der Waals surface area contributed by atoms with Gasteiger partial charge in [-0.25, -0.2) is 4.79 Å². The van der Waals surface area contributed by atoms with Crippen molar-refractivity contribution >= 4 is 11.9 Å². The average Bonchev–Trinajstić information content (AvgIpc) is 2.71. The van der Waals surface area contributed by atoms with Crippen LogP contribution in [0, 0.1) is 5.41 Å². The Morgan fingerprint density at radius 3 is 3.00 bits per heavy atom. The van der Waals surface area contributed by atoms with E-state index in [-0.39, 0.29) is 11.9 Å². The van der Waals surface area contributed by atoms with Crippen molar-refractivity contribution in [2.45, 2.75) is 18.9 Å². The van der Waals surface area contributed by atoms with Crippen LogP contribution >= 0.6 is 0 Å². The van der Waals surface area contributed by atoms with Gasteiger partial charge in [0.2, 0.25) is 0 Å². The average molecular weight is 235 g/mol. The molecule has 1 aromatic carbocycles. The van der Waals surface area contributed by atoms with Gasteiger partial charge in [-0.1, -0.05) is 18.2 Å². The van der Waals surface area contributed by atoms with Crippen LogP contribution in [0.2, 0.25) is 0 Å². The molecule has 0 heterocycles. The molecule has 1 aliphatic rings. The van der Waals surface area contributed by atoms with Gasteiger partial charge >= 0.3 is 6.09 Å². The van der Waals surface area contributed by atoms with Crippen molar-refractivity contribution < 1.29 is 14.7 Å². The molecule has 17 heavy (non-hydrogen) atoms. The molecule has 1 amide bonds. The first-order valence-electron chi connectivity index (χ1n) is 5.20. The van der Waals surface area contributed by atoms with Gasteiger partial charge in [-0.3, -0.25) is 16.1 Å². The standard InChI is InChI=1S/C11H13N3O3/c12-10(14-16)8-3-1-2-7-6(8)4-5-9(7)17-11(13)15/h1-3,9,16H,4-5H2,(H2,12,14)(H2,13,15). The number of amidine groups is 1. The van der Waals surface area contributed by atoms with Crippen LogP contribution in [0.15, 0.2) is 18.2 Å². The van der Waals surface area contributed by atoms with E-state index >= 15 is 0 Å². The molecule has 1 aromatic rings. The van der Waals surface area contributed by atoms with Crippen LogP contribution in [0.3, 0.4) is 0 Å². The maximum absolute atomic E-state index is 10.7. The van der Waals surface area contributed by atoms with E-state index in [0.29, 0.717) is 18.4 Å². The fraction of sp³-hybridized carbons (Fsp3) is 0.273. The summed E-state index contributed by atoms with van der Waals surface area (Å²) in [5.41, 5.74) is 9.18. The Morgan fingerprint density at radius 1 is 1.59 bits per heavy atom. The first-order valence-corrected chi connectivity index (χ1v) is 5.20. The molecule has 2 rings (SSSR count). The van der Waals surface area contributed by atoms with Crippen LogP contribution in [0.4, 0.5) is 4.79 Å². The van der Waals surface area contributed by atoms with E-state index in [2.05, 4.69) is 0 Å². The molecule has 6 heteroatoms. The van der Waals surface area contributed by atoms with Crippen LogP contribution < -0.4 is 11.2 Å². The van der Waals surface area contributed by atoms with Crippen molar-refractivity contribution in [3.8, 4) is 0 Å². The van der Waals surface area contributed by atoms with Crippen molar-refractivity contribution in [3.05, 3.63) is 34.9 Å². The van der Waals surface area contributed by atoms with Crippen molar-refractivity contribution in [2.24, 2.45) is 5.73 Å². The molecule has 0 saturated carbocycles. The number of ether oxygens (including phenoxy) is 1. The number of fused-ring (bicyclic) bond motifs is 1. The summed E-state index contributed by atoms with van der Waals surface area (Å²) in [5.74, 6) is -0.0680. The Balaban J connectivity index is 2.35. The summed E-state index contributed by atoms with van der Waals surface area (Å²) in [5, 5.41) is 16.3. The van der Waals surface area contributed by atoms with E-state index in [4.69, 9.17) is 21.1 Å². The molecular formula is C11H13N3O3. The molecule has 0 aromatic heterocycles. The molecule has 0 fully saturated rings. The zero-order chi connectivity index (χ0) is 12.4. The number of carbonyl (C=O) groups is 1. The normalized spacial score (nSPS) is 17.4. The lowest BCUT2D eigenvalue weighted by molar-refractivity contribution is 0.107. The number of hydrogen-bond donors (Lipinski definition) is 4. The fourth-order valence-corrected chi connectivity index (χ4v) is 2.17. The Bertz CT molecular complexity index is 473. The van der Waals surface area contributed by atoms with Crippen LogP contribution in [0.1, 0.15) is 29.2 Å². The number of hydrogen-bond acceptors (Lipinski definition) is 4. The van der Waals surface area contributed by atoms with Crippen molar-refractivity contribution in [1.82, 2.24) is 5.48 Å². The van der Waals surface area contributed by atoms with E-state index in [1.165, 1.54) is 0 Å². The lowest BCUT2D eigenvalue weighted by Gasteiger charge is -2.12. The van der Waals surface area contributed by atoms with Gasteiger partial charge in [0.15, 0.2) is 0 Å². The predicted molar refractivity (Wildman–Crippen MR) is 59.9 cm³/mol. The lowest BCUT2D eigenvalue weighted by Crippen LogP contribution is -2.20. The van der Waals surface area contributed by atoms with Crippen LogP contribution in [-0.2, 0) is 11.2 Å². The summed E-state index contributed by atoms with van der Waals surface area (Å²) in [6, 6.07) is 5.32. The molecule has 0 saturated heterocycles. The number of amides is 1. The highest BCUT2D eigenvalue weighted by atomic mass is 16.6. The minimum Gasteiger partial charge on any atom is -0.441 e. The molecule has 0 aliphatic heterocycles. The fourth-order valence-electron chi connectivity index (χ4n) is 2.17. The monoisotopic (exact) mass is 235 g/mol. The summed E-state index contributed by atoms with van der Waals surface area (Å²) in [4.78, 5) is 10.7. The summed E-state index contributed by atoms with van der Waals surface area (Å²) in [6.45, 7) is 0. The first kappa shape index (κ1) is 11.4. The van der Waals surface area contributed by atoms with E-state index in [9.17, 15) is 4.79 Å². The van der Waals surface area contributed by atoms with Crippen LogP contribution in [0.5, 0.6) is 0 Å². The number of nitrogens with two attached hydrogens (primary N) is 1. The molecule has 1 atom stereocenters. The number of nitrogens with one attached hydrogen (secondary N) is 2. The third-order valence-corrected chi connectivity index (χ3v) is 2.86. The van der Waals surface area contributed by atoms with Crippen LogP contribution in [-0.4, -0.2) is 17.1 Å². The Hall–Kier alpha value is -2.08. The maximum Gasteiger partial charge on any atom is 0.405 e. The Morgan fingerprint density at radius 2 is 2.35 bits per heavy atom. The second-order valence-corrected chi connectivity index (χ2v) is 3.82. The molecule has 6 nitrogen and oxygen atoms in total. The quantitative estimate of drug-likeness (QED) is 0.349. The van der Waals surface area contributed by atoms with E-state index in [1.807, 2.05) is 11.5 Å². The number of hydroxylamine groups is 1. The Labute approximate surface area is 97.8 Å². The van der Waals surface area contributed by atoms with E-state index in [1.54, 1.807) is 12.1 Å². The van der Waals surface area contributed by atoms with Gasteiger partial charge in [0.05, 0.1) is 0 Å². The van der Waals surface area contributed by atoms with Crippen molar-refractivity contribution in [3.63, 3.8) is 0 Å². The summed E-state index contributed by atoms with van der Waals surface area (Å²) in [7, 11) is 0. The molecule has 5 N–H and O–H groups in total. The molecule has 0 radical (unpaired) electrons. The third kappa shape index (κ3) is 2.07. The zero-order valence-corrected chi connectivity index (χ0v) is 9.06. The smallest absolute Gasteiger partial charge is 0.405 e. The van der Waals surface area contributed by atoms with Gasteiger partial charge < -0.3 is 10.5 Å². The Kier molecular flexibility index (Phi) is 2.97. The van der Waals surface area contributed by atoms with Crippen molar-refractivity contribution in [1.29, 1.82) is 5.41 Å². The van der Waals surface area contributed by atoms with Gasteiger partial charge in [0.1, 0.15) is 11.9 Å². The highest BCUT2D eigenvalue weighted by molar-refractivity contribution is 5.97. The summed E-state index contributed by atoms with van der Waals surface area (Å²) >= 11 is 0. The van der Waals surface area contributed by atoms with Gasteiger partial charge in [-0.15, -0.1) is 0 Å². The SMILES string of the molecule is N=C(NO)c1cccc2c1CCC2OC(N)=O. The molecule has 0 spiro atoms. The van der Waals surface area contributed by atoms with Gasteiger partial charge in [-0.05, 0) is 24.0 Å². The highest BCUT2D eigenvalue weighted by Gasteiger charge is 2.27. The van der Waals surface area contributed by atoms with Gasteiger partial charge in [0, 0.05) is 5.56 Å². The van der Waals surface area contributed by atoms with Crippen molar-refractivity contribution in [2.75, 3.05) is 0 Å². The zero-order valence-electron chi connectivity index (χ0n) is 9.06. The third-order valence-electron chi connectivity index (χ3n) is 2.86.